The monoisotopic (exact) mass is 425 g/mol. The van der Waals surface area contributed by atoms with E-state index in [1.807, 2.05) is 37.9 Å². The Balaban J connectivity index is 1.60. The molecule has 0 spiro atoms. The minimum Gasteiger partial charge on any atom is -0.398 e. The number of nitrogens with zero attached hydrogens (tertiary/aromatic N) is 3. The molecule has 160 valence electrons. The summed E-state index contributed by atoms with van der Waals surface area (Å²) in [6, 6.07) is 8.57. The van der Waals surface area contributed by atoms with Crippen molar-refractivity contribution < 1.29 is 5.11 Å². The zero-order valence-electron chi connectivity index (χ0n) is 18.0. The highest BCUT2D eigenvalue weighted by molar-refractivity contribution is 8.00. The van der Waals surface area contributed by atoms with Crippen molar-refractivity contribution in [2.45, 2.75) is 49.8 Å². The molecule has 0 radical (unpaired) electrons. The van der Waals surface area contributed by atoms with Gasteiger partial charge in [-0.1, -0.05) is 24.3 Å². The molecule has 1 aliphatic carbocycles. The van der Waals surface area contributed by atoms with Crippen LogP contribution < -0.4 is 11.1 Å². The second-order valence-corrected chi connectivity index (χ2v) is 10.3. The Bertz CT molecular complexity index is 974. The van der Waals surface area contributed by atoms with Crippen molar-refractivity contribution in [3.63, 3.8) is 0 Å². The minimum absolute atomic E-state index is 0.0461. The van der Waals surface area contributed by atoms with Crippen LogP contribution in [0, 0.1) is 0 Å². The smallest absolute Gasteiger partial charge is 0.143 e. The summed E-state index contributed by atoms with van der Waals surface area (Å²) in [6.07, 6.45) is 6.84. The fourth-order valence-corrected chi connectivity index (χ4v) is 5.16. The van der Waals surface area contributed by atoms with E-state index in [4.69, 9.17) is 5.73 Å². The van der Waals surface area contributed by atoms with Crippen molar-refractivity contribution in [3.8, 4) is 0 Å². The van der Waals surface area contributed by atoms with Gasteiger partial charge in [0.15, 0.2) is 0 Å². The van der Waals surface area contributed by atoms with Crippen LogP contribution in [0.15, 0.2) is 42.1 Å². The van der Waals surface area contributed by atoms with E-state index in [9.17, 15) is 5.11 Å². The SMILES string of the molecule is CN/C(C)=C\C=C(/N)c1ccc(C2(c3nnc4n3CCSC(C)(CO)C4)CC2)cc1. The molecule has 4 N–H and O–H groups in total. The lowest BCUT2D eigenvalue weighted by Gasteiger charge is -2.23. The van der Waals surface area contributed by atoms with Gasteiger partial charge in [0.2, 0.25) is 0 Å². The van der Waals surface area contributed by atoms with Crippen LogP contribution in [0.1, 0.15) is 49.5 Å². The number of thioether (sulfide) groups is 1. The van der Waals surface area contributed by atoms with Crippen LogP contribution in [0.5, 0.6) is 0 Å². The number of benzene rings is 1. The van der Waals surface area contributed by atoms with Crippen LogP contribution in [0.2, 0.25) is 0 Å². The van der Waals surface area contributed by atoms with Gasteiger partial charge in [0.25, 0.3) is 0 Å². The van der Waals surface area contributed by atoms with Crippen molar-refractivity contribution in [1.82, 2.24) is 20.1 Å². The Morgan fingerprint density at radius 3 is 2.63 bits per heavy atom. The molecule has 30 heavy (non-hydrogen) atoms. The lowest BCUT2D eigenvalue weighted by atomic mass is 9.93. The average Bonchev–Trinajstić information content (AvgIpc) is 3.51. The maximum atomic E-state index is 9.81. The van der Waals surface area contributed by atoms with E-state index in [-0.39, 0.29) is 16.8 Å². The molecule has 1 unspecified atom stereocenters. The highest BCUT2D eigenvalue weighted by Crippen LogP contribution is 2.53. The number of hydrogen-bond donors (Lipinski definition) is 3. The number of aliphatic hydroxyl groups is 1. The van der Waals surface area contributed by atoms with Crippen LogP contribution >= 0.6 is 11.8 Å². The van der Waals surface area contributed by atoms with Crippen LogP contribution in [-0.4, -0.2) is 44.0 Å². The summed E-state index contributed by atoms with van der Waals surface area (Å²) in [5.41, 5.74) is 10.3. The van der Waals surface area contributed by atoms with Crippen molar-refractivity contribution in [1.29, 1.82) is 0 Å². The van der Waals surface area contributed by atoms with Gasteiger partial charge >= 0.3 is 0 Å². The fourth-order valence-electron chi connectivity index (χ4n) is 4.07. The maximum Gasteiger partial charge on any atom is 0.143 e. The number of hydrogen-bond acceptors (Lipinski definition) is 6. The summed E-state index contributed by atoms with van der Waals surface area (Å²) < 4.78 is 2.12. The number of nitrogens with one attached hydrogen (secondary N) is 1. The topological polar surface area (TPSA) is 89.0 Å². The molecule has 1 saturated carbocycles. The normalized spacial score (nSPS) is 23.6. The first kappa shape index (κ1) is 21.0. The van der Waals surface area contributed by atoms with Gasteiger partial charge in [-0.05, 0) is 50.0 Å². The number of nitrogens with two attached hydrogens (primary N) is 1. The van der Waals surface area contributed by atoms with Crippen LogP contribution in [0.4, 0.5) is 0 Å². The Hall–Kier alpha value is -2.25. The predicted octanol–water partition coefficient (Wildman–Crippen LogP) is 2.82. The number of aliphatic hydroxyl groups excluding tert-OH is 1. The molecule has 2 aliphatic rings. The van der Waals surface area contributed by atoms with Crippen molar-refractivity contribution >= 4 is 17.5 Å². The third-order valence-electron chi connectivity index (χ3n) is 6.32. The van der Waals surface area contributed by atoms with Gasteiger partial charge in [0.05, 0.1) is 12.0 Å². The molecule has 1 fully saturated rings. The average molecular weight is 426 g/mol. The van der Waals surface area contributed by atoms with Crippen molar-refractivity contribution in [3.05, 3.63) is 64.9 Å². The lowest BCUT2D eigenvalue weighted by molar-refractivity contribution is 0.254. The Morgan fingerprint density at radius 2 is 2.00 bits per heavy atom. The molecule has 2 aromatic rings. The van der Waals surface area contributed by atoms with E-state index in [0.717, 1.165) is 60.2 Å². The minimum atomic E-state index is -0.180. The number of fused-ring (bicyclic) bond motifs is 1. The van der Waals surface area contributed by atoms with E-state index in [2.05, 4.69) is 51.3 Å². The molecule has 1 aliphatic heterocycles. The van der Waals surface area contributed by atoms with Crippen LogP contribution in [-0.2, 0) is 18.4 Å². The highest BCUT2D eigenvalue weighted by Gasteiger charge is 2.50. The molecule has 0 amide bonds. The molecule has 0 saturated heterocycles. The number of aromatic nitrogens is 3. The Morgan fingerprint density at radius 1 is 1.27 bits per heavy atom. The molecule has 7 heteroatoms. The number of rotatable bonds is 6. The molecule has 1 atom stereocenters. The lowest BCUT2D eigenvalue weighted by Crippen LogP contribution is -2.28. The molecule has 4 rings (SSSR count). The van der Waals surface area contributed by atoms with Crippen LogP contribution in [0.25, 0.3) is 5.70 Å². The molecule has 0 bridgehead atoms. The summed E-state index contributed by atoms with van der Waals surface area (Å²) in [6.45, 7) is 5.17. The molecule has 6 nitrogen and oxygen atoms in total. The van der Waals surface area contributed by atoms with Gasteiger partial charge in [-0.3, -0.25) is 0 Å². The van der Waals surface area contributed by atoms with Gasteiger partial charge < -0.3 is 20.7 Å². The predicted molar refractivity (Wildman–Crippen MR) is 123 cm³/mol. The van der Waals surface area contributed by atoms with E-state index in [1.54, 1.807) is 0 Å². The van der Waals surface area contributed by atoms with Gasteiger partial charge in [-0.25, -0.2) is 0 Å². The van der Waals surface area contributed by atoms with E-state index < -0.39 is 0 Å². The second-order valence-electron chi connectivity index (χ2n) is 8.61. The van der Waals surface area contributed by atoms with Crippen molar-refractivity contribution in [2.24, 2.45) is 5.73 Å². The first-order chi connectivity index (χ1) is 14.4. The molecule has 1 aromatic heterocycles. The van der Waals surface area contributed by atoms with Gasteiger partial charge in [0.1, 0.15) is 11.6 Å². The molecular weight excluding hydrogens is 394 g/mol. The second kappa shape index (κ2) is 8.12. The fraction of sp³-hybridized carbons (Fsp3) is 0.478. The van der Waals surface area contributed by atoms with Gasteiger partial charge in [-0.15, -0.1) is 10.2 Å². The maximum absolute atomic E-state index is 9.81. The van der Waals surface area contributed by atoms with Crippen molar-refractivity contribution in [2.75, 3.05) is 19.4 Å². The molecule has 2 heterocycles. The molecule has 1 aromatic carbocycles. The Kier molecular flexibility index (Phi) is 5.68. The summed E-state index contributed by atoms with van der Waals surface area (Å²) >= 11 is 1.83. The summed E-state index contributed by atoms with van der Waals surface area (Å²) in [5, 5.41) is 22.1. The molecular formula is C23H31N5OS. The quantitative estimate of drug-likeness (QED) is 0.617. The summed E-state index contributed by atoms with van der Waals surface area (Å²) in [5.74, 6) is 3.03. The van der Waals surface area contributed by atoms with E-state index in [1.165, 1.54) is 5.56 Å². The Labute approximate surface area is 182 Å². The third-order valence-corrected chi connectivity index (χ3v) is 7.67. The number of allylic oxidation sites excluding steroid dienone is 3. The third kappa shape index (κ3) is 3.88. The highest BCUT2D eigenvalue weighted by atomic mass is 32.2. The largest absolute Gasteiger partial charge is 0.398 e. The van der Waals surface area contributed by atoms with E-state index in [0.29, 0.717) is 0 Å². The van der Waals surface area contributed by atoms with E-state index >= 15 is 0 Å². The van der Waals surface area contributed by atoms with Crippen LogP contribution in [0.3, 0.4) is 0 Å². The van der Waals surface area contributed by atoms with Gasteiger partial charge in [0, 0.05) is 41.9 Å². The summed E-state index contributed by atoms with van der Waals surface area (Å²) in [4.78, 5) is 0. The first-order valence-corrected chi connectivity index (χ1v) is 11.5. The standard InChI is InChI=1S/C23H31N5OS/c1-16(25-3)4-9-19(24)17-5-7-18(8-6-17)23(10-11-23)21-27-26-20-14-22(2,15-29)30-13-12-28(20)21/h4-9,25,29H,10-15,24H2,1-3H3/b16-4-,19-9-. The zero-order valence-corrected chi connectivity index (χ0v) is 18.8. The first-order valence-electron chi connectivity index (χ1n) is 10.5. The zero-order chi connectivity index (χ0) is 21.4. The van der Waals surface area contributed by atoms with Gasteiger partial charge in [-0.2, -0.15) is 11.8 Å². The summed E-state index contributed by atoms with van der Waals surface area (Å²) in [7, 11) is 1.90.